The summed E-state index contributed by atoms with van der Waals surface area (Å²) in [5.74, 6) is -0.609. The van der Waals surface area contributed by atoms with Crippen molar-refractivity contribution < 1.29 is 24.2 Å². The number of hydrogen-bond acceptors (Lipinski definition) is 5. The minimum absolute atomic E-state index is 0.0732. The summed E-state index contributed by atoms with van der Waals surface area (Å²) in [6, 6.07) is 0. The topological polar surface area (TPSA) is 72.8 Å². The number of rotatable bonds is 38. The molecule has 290 valence electrons. The van der Waals surface area contributed by atoms with Gasteiger partial charge in [-0.3, -0.25) is 9.59 Å². The van der Waals surface area contributed by atoms with E-state index in [4.69, 9.17) is 9.47 Å². The van der Waals surface area contributed by atoms with Gasteiger partial charge in [0.2, 0.25) is 0 Å². The lowest BCUT2D eigenvalue weighted by atomic mass is 10.0. The standard InChI is InChI=1S/C45H80O5/c1-3-5-7-9-11-13-15-17-19-20-21-22-23-24-26-27-29-31-33-35-37-39-44(47)49-42-43(41-46)50-45(48)40-38-36-34-32-30-28-25-18-16-14-12-10-8-6-4-2/h6,8,12,14,17-19,25,43,46H,3-5,7,9-11,13,15-16,20-24,26-42H2,1-2H3. The first kappa shape index (κ1) is 47.9. The average molecular weight is 701 g/mol. The van der Waals surface area contributed by atoms with Crippen LogP contribution in [0.4, 0.5) is 0 Å². The number of carbonyl (C=O) groups is 2. The quantitative estimate of drug-likeness (QED) is 0.0394. The van der Waals surface area contributed by atoms with Crippen LogP contribution in [0.1, 0.15) is 206 Å². The predicted octanol–water partition coefficient (Wildman–Crippen LogP) is 13.4. The Bertz CT molecular complexity index is 842. The van der Waals surface area contributed by atoms with Crippen LogP contribution >= 0.6 is 0 Å². The highest BCUT2D eigenvalue weighted by Gasteiger charge is 2.16. The van der Waals surface area contributed by atoms with E-state index < -0.39 is 6.10 Å². The first-order valence-electron chi connectivity index (χ1n) is 21.2. The Labute approximate surface area is 309 Å². The molecule has 0 rings (SSSR count). The summed E-state index contributed by atoms with van der Waals surface area (Å²) >= 11 is 0. The molecule has 1 unspecified atom stereocenters. The minimum atomic E-state index is -0.780. The Morgan fingerprint density at radius 3 is 1.32 bits per heavy atom. The zero-order valence-corrected chi connectivity index (χ0v) is 32.9. The smallest absolute Gasteiger partial charge is 0.306 e. The lowest BCUT2D eigenvalue weighted by Crippen LogP contribution is -2.28. The Hall–Kier alpha value is -2.14. The second kappa shape index (κ2) is 41.3. The van der Waals surface area contributed by atoms with E-state index in [1.165, 1.54) is 109 Å². The van der Waals surface area contributed by atoms with Gasteiger partial charge in [0.25, 0.3) is 0 Å². The summed E-state index contributed by atoms with van der Waals surface area (Å²) < 4.78 is 10.6. The van der Waals surface area contributed by atoms with E-state index in [1.54, 1.807) is 0 Å². The van der Waals surface area contributed by atoms with Crippen molar-refractivity contribution in [2.45, 2.75) is 213 Å². The van der Waals surface area contributed by atoms with Crippen LogP contribution in [0.15, 0.2) is 48.6 Å². The van der Waals surface area contributed by atoms with Crippen molar-refractivity contribution in [2.24, 2.45) is 0 Å². The first-order valence-corrected chi connectivity index (χ1v) is 21.2. The number of ether oxygens (including phenoxy) is 2. The zero-order chi connectivity index (χ0) is 36.4. The average Bonchev–Trinajstić information content (AvgIpc) is 3.12. The van der Waals surface area contributed by atoms with Crippen LogP contribution in [-0.2, 0) is 19.1 Å². The molecule has 0 amide bonds. The molecule has 0 saturated heterocycles. The number of esters is 2. The fraction of sp³-hybridized carbons (Fsp3) is 0.778. The van der Waals surface area contributed by atoms with Gasteiger partial charge in [-0.1, -0.05) is 172 Å². The second-order valence-corrected chi connectivity index (χ2v) is 14.0. The molecule has 0 aromatic heterocycles. The van der Waals surface area contributed by atoms with Crippen molar-refractivity contribution in [3.05, 3.63) is 48.6 Å². The SMILES string of the molecule is CCC=CCC=CCC=CCCCCCCCC(=O)OC(CO)COC(=O)CCCCCCCCCCCCCC=CCCCCCCCC. The first-order chi connectivity index (χ1) is 24.6. The van der Waals surface area contributed by atoms with Gasteiger partial charge < -0.3 is 14.6 Å². The van der Waals surface area contributed by atoms with Gasteiger partial charge in [0, 0.05) is 12.8 Å². The van der Waals surface area contributed by atoms with E-state index in [0.29, 0.717) is 12.8 Å². The number of allylic oxidation sites excluding steroid dienone is 8. The molecule has 50 heavy (non-hydrogen) atoms. The van der Waals surface area contributed by atoms with Gasteiger partial charge in [-0.05, 0) is 70.6 Å². The lowest BCUT2D eigenvalue weighted by Gasteiger charge is -2.15. The third-order valence-electron chi connectivity index (χ3n) is 9.11. The maximum Gasteiger partial charge on any atom is 0.306 e. The Morgan fingerprint density at radius 1 is 0.480 bits per heavy atom. The zero-order valence-electron chi connectivity index (χ0n) is 32.9. The molecule has 1 N–H and O–H groups in total. The Morgan fingerprint density at radius 2 is 0.860 bits per heavy atom. The molecule has 0 aliphatic rings. The van der Waals surface area contributed by atoms with Crippen molar-refractivity contribution in [1.29, 1.82) is 0 Å². The molecule has 0 aliphatic carbocycles. The third kappa shape index (κ3) is 38.7. The van der Waals surface area contributed by atoms with Crippen molar-refractivity contribution in [2.75, 3.05) is 13.2 Å². The largest absolute Gasteiger partial charge is 0.462 e. The molecule has 0 saturated carbocycles. The number of unbranched alkanes of at least 4 members (excludes halogenated alkanes) is 22. The molecule has 0 heterocycles. The molecular formula is C45H80O5. The maximum absolute atomic E-state index is 12.2. The molecule has 0 bridgehead atoms. The monoisotopic (exact) mass is 701 g/mol. The molecule has 0 aromatic rings. The molecule has 0 spiro atoms. The van der Waals surface area contributed by atoms with Gasteiger partial charge in [0.1, 0.15) is 6.61 Å². The highest BCUT2D eigenvalue weighted by Crippen LogP contribution is 2.14. The molecule has 0 fully saturated rings. The summed E-state index contributed by atoms with van der Waals surface area (Å²) in [5, 5.41) is 9.57. The maximum atomic E-state index is 12.2. The van der Waals surface area contributed by atoms with Crippen LogP contribution in [0.2, 0.25) is 0 Å². The van der Waals surface area contributed by atoms with Crippen LogP contribution in [-0.4, -0.2) is 36.4 Å². The fourth-order valence-electron chi connectivity index (χ4n) is 5.92. The molecule has 0 radical (unpaired) electrons. The lowest BCUT2D eigenvalue weighted by molar-refractivity contribution is -0.161. The number of aliphatic hydroxyl groups excluding tert-OH is 1. The normalized spacial score (nSPS) is 12.6. The van der Waals surface area contributed by atoms with Crippen molar-refractivity contribution >= 4 is 11.9 Å². The van der Waals surface area contributed by atoms with E-state index in [2.05, 4.69) is 62.5 Å². The molecule has 1 atom stereocenters. The summed E-state index contributed by atoms with van der Waals surface area (Å²) in [5.41, 5.74) is 0. The Balaban J connectivity index is 3.54. The number of hydrogen-bond donors (Lipinski definition) is 1. The van der Waals surface area contributed by atoms with Gasteiger partial charge in [-0.25, -0.2) is 0 Å². The van der Waals surface area contributed by atoms with Crippen LogP contribution in [0.25, 0.3) is 0 Å². The highest BCUT2D eigenvalue weighted by atomic mass is 16.6. The predicted molar refractivity (Wildman–Crippen MR) is 214 cm³/mol. The van der Waals surface area contributed by atoms with Crippen LogP contribution < -0.4 is 0 Å². The molecular weight excluding hydrogens is 620 g/mol. The molecule has 0 aromatic carbocycles. The van der Waals surface area contributed by atoms with Crippen molar-refractivity contribution in [1.82, 2.24) is 0 Å². The van der Waals surface area contributed by atoms with Gasteiger partial charge in [0.15, 0.2) is 6.10 Å². The van der Waals surface area contributed by atoms with E-state index in [-0.39, 0.29) is 25.2 Å². The molecule has 5 heteroatoms. The fourth-order valence-corrected chi connectivity index (χ4v) is 5.92. The third-order valence-corrected chi connectivity index (χ3v) is 9.11. The van der Waals surface area contributed by atoms with E-state index in [9.17, 15) is 14.7 Å². The highest BCUT2D eigenvalue weighted by molar-refractivity contribution is 5.70. The van der Waals surface area contributed by atoms with E-state index >= 15 is 0 Å². The van der Waals surface area contributed by atoms with Gasteiger partial charge in [-0.15, -0.1) is 0 Å². The van der Waals surface area contributed by atoms with Gasteiger partial charge in [0.05, 0.1) is 6.61 Å². The van der Waals surface area contributed by atoms with Gasteiger partial charge >= 0.3 is 11.9 Å². The van der Waals surface area contributed by atoms with Crippen molar-refractivity contribution in [3.8, 4) is 0 Å². The van der Waals surface area contributed by atoms with E-state index in [1.807, 2.05) is 0 Å². The van der Waals surface area contributed by atoms with Crippen LogP contribution in [0.5, 0.6) is 0 Å². The summed E-state index contributed by atoms with van der Waals surface area (Å²) in [4.78, 5) is 24.3. The number of aliphatic hydroxyl groups is 1. The summed E-state index contributed by atoms with van der Waals surface area (Å²) in [7, 11) is 0. The van der Waals surface area contributed by atoms with Crippen molar-refractivity contribution in [3.63, 3.8) is 0 Å². The van der Waals surface area contributed by atoms with Crippen LogP contribution in [0.3, 0.4) is 0 Å². The molecule has 5 nitrogen and oxygen atoms in total. The summed E-state index contributed by atoms with van der Waals surface area (Å²) in [6.07, 6.45) is 51.8. The number of carbonyl (C=O) groups excluding carboxylic acids is 2. The summed E-state index contributed by atoms with van der Waals surface area (Å²) in [6.45, 7) is 4.01. The molecule has 0 aliphatic heterocycles. The second-order valence-electron chi connectivity index (χ2n) is 14.0. The van der Waals surface area contributed by atoms with Crippen LogP contribution in [0, 0.1) is 0 Å². The van der Waals surface area contributed by atoms with Gasteiger partial charge in [-0.2, -0.15) is 0 Å². The Kier molecular flexibility index (Phi) is 39.5. The minimum Gasteiger partial charge on any atom is -0.462 e. The van der Waals surface area contributed by atoms with E-state index in [0.717, 1.165) is 70.6 Å².